The first-order valence-corrected chi connectivity index (χ1v) is 12.6. The minimum Gasteiger partial charge on any atom is -0.340 e. The molecule has 4 N–H and O–H groups in total. The van der Waals surface area contributed by atoms with E-state index in [0.29, 0.717) is 39.1 Å². The molecule has 0 saturated heterocycles. The van der Waals surface area contributed by atoms with Crippen molar-refractivity contribution in [3.63, 3.8) is 0 Å². The lowest BCUT2D eigenvalue weighted by Gasteiger charge is -2.18. The maximum Gasteiger partial charge on any atom is 0.252 e. The van der Waals surface area contributed by atoms with Crippen LogP contribution in [0.4, 0.5) is 5.95 Å². The number of aromatic nitrogens is 5. The van der Waals surface area contributed by atoms with Crippen LogP contribution in [0.1, 0.15) is 15.9 Å². The van der Waals surface area contributed by atoms with Gasteiger partial charge in [0.25, 0.3) is 5.91 Å². The third kappa shape index (κ3) is 5.34. The summed E-state index contributed by atoms with van der Waals surface area (Å²) in [7, 11) is 0. The summed E-state index contributed by atoms with van der Waals surface area (Å²) in [5.74, 6) is 0.0769. The van der Waals surface area contributed by atoms with Crippen molar-refractivity contribution in [3.8, 4) is 11.5 Å². The van der Waals surface area contributed by atoms with Crippen LogP contribution in [0.2, 0.25) is 5.02 Å². The Labute approximate surface area is 227 Å². The van der Waals surface area contributed by atoms with Crippen molar-refractivity contribution in [1.29, 1.82) is 0 Å². The van der Waals surface area contributed by atoms with Crippen LogP contribution in [-0.2, 0) is 11.2 Å². The monoisotopic (exact) mass is 535 g/mol. The van der Waals surface area contributed by atoms with Crippen molar-refractivity contribution in [3.05, 3.63) is 108 Å². The number of imidazole rings is 2. The lowest BCUT2D eigenvalue weighted by molar-refractivity contribution is -0.118. The van der Waals surface area contributed by atoms with E-state index in [0.717, 1.165) is 16.3 Å². The number of benzene rings is 3. The van der Waals surface area contributed by atoms with Gasteiger partial charge in [-0.25, -0.2) is 9.97 Å². The second kappa shape index (κ2) is 10.4. The van der Waals surface area contributed by atoms with Gasteiger partial charge in [-0.2, -0.15) is 0 Å². The van der Waals surface area contributed by atoms with Gasteiger partial charge in [-0.15, -0.1) is 0 Å². The largest absolute Gasteiger partial charge is 0.340 e. The average Bonchev–Trinajstić information content (AvgIpc) is 3.62. The van der Waals surface area contributed by atoms with E-state index in [-0.39, 0.29) is 6.42 Å². The van der Waals surface area contributed by atoms with Gasteiger partial charge in [0.05, 0.1) is 11.0 Å². The summed E-state index contributed by atoms with van der Waals surface area (Å²) < 4.78 is 0. The normalized spacial score (nSPS) is 11.9. The number of anilines is 1. The third-order valence-corrected chi connectivity index (χ3v) is 6.54. The third-order valence-electron chi connectivity index (χ3n) is 6.31. The zero-order chi connectivity index (χ0) is 26.8. The quantitative estimate of drug-likeness (QED) is 0.225. The highest BCUT2D eigenvalue weighted by atomic mass is 35.5. The molecule has 0 aliphatic carbocycles. The Hall–Kier alpha value is -5.02. The van der Waals surface area contributed by atoms with Crippen LogP contribution in [-0.4, -0.2) is 42.8 Å². The van der Waals surface area contributed by atoms with E-state index in [1.165, 1.54) is 6.20 Å². The number of hydrogen-bond acceptors (Lipinski definition) is 5. The molecule has 0 radical (unpaired) electrons. The molecule has 1 unspecified atom stereocenters. The smallest absolute Gasteiger partial charge is 0.252 e. The van der Waals surface area contributed by atoms with Gasteiger partial charge in [-0.1, -0.05) is 48.0 Å². The zero-order valence-electron chi connectivity index (χ0n) is 20.5. The topological polar surface area (TPSA) is 128 Å². The molecule has 0 spiro atoms. The van der Waals surface area contributed by atoms with E-state index in [9.17, 15) is 9.59 Å². The van der Waals surface area contributed by atoms with Crippen LogP contribution >= 0.6 is 11.6 Å². The standard InChI is InChI=1S/C29H22ClN7O2/c30-21-7-3-4-17(12-21)13-25(28(39)37-29-31-10-11-32-29)36-27(38)19-8-9-22-23(15-19)35-26(34-22)24-14-18-5-1-2-6-20(18)16-33-24/h1-12,14-16,25H,13H2,(H,34,35)(H,36,38)(H2,31,32,37,39). The molecule has 0 aliphatic heterocycles. The fraction of sp³-hybridized carbons (Fsp3) is 0.0690. The second-order valence-electron chi connectivity index (χ2n) is 9.02. The molecule has 2 amide bonds. The van der Waals surface area contributed by atoms with Crippen LogP contribution in [0.3, 0.4) is 0 Å². The Bertz CT molecular complexity index is 1810. The maximum atomic E-state index is 13.3. The minimum atomic E-state index is -0.879. The van der Waals surface area contributed by atoms with Gasteiger partial charge in [-0.05, 0) is 47.3 Å². The molecular formula is C29H22ClN7O2. The highest BCUT2D eigenvalue weighted by Crippen LogP contribution is 2.23. The summed E-state index contributed by atoms with van der Waals surface area (Å²) >= 11 is 6.14. The van der Waals surface area contributed by atoms with Crippen molar-refractivity contribution in [2.75, 3.05) is 5.32 Å². The molecule has 9 nitrogen and oxygen atoms in total. The summed E-state index contributed by atoms with van der Waals surface area (Å²) in [6.45, 7) is 0. The summed E-state index contributed by atoms with van der Waals surface area (Å²) in [5.41, 5.74) is 3.26. The van der Waals surface area contributed by atoms with Gasteiger partial charge >= 0.3 is 0 Å². The molecule has 0 saturated carbocycles. The van der Waals surface area contributed by atoms with Crippen molar-refractivity contribution in [1.82, 2.24) is 30.2 Å². The fourth-order valence-electron chi connectivity index (χ4n) is 4.37. The first kappa shape index (κ1) is 24.3. The predicted octanol–water partition coefficient (Wildman–Crippen LogP) is 5.13. The summed E-state index contributed by atoms with van der Waals surface area (Å²) in [4.78, 5) is 45.7. The summed E-state index contributed by atoms with van der Waals surface area (Å²) in [5, 5.41) is 8.20. The van der Waals surface area contributed by atoms with E-state index in [2.05, 4.69) is 35.6 Å². The molecular weight excluding hydrogens is 514 g/mol. The first-order valence-electron chi connectivity index (χ1n) is 12.2. The molecule has 6 rings (SSSR count). The first-order chi connectivity index (χ1) is 19.0. The van der Waals surface area contributed by atoms with Crippen LogP contribution < -0.4 is 10.6 Å². The number of H-pyrrole nitrogens is 2. The van der Waals surface area contributed by atoms with Crippen LogP contribution in [0.5, 0.6) is 0 Å². The summed E-state index contributed by atoms with van der Waals surface area (Å²) in [6.07, 6.45) is 5.18. The van der Waals surface area contributed by atoms with Crippen molar-refractivity contribution < 1.29 is 9.59 Å². The number of pyridine rings is 1. The van der Waals surface area contributed by atoms with Gasteiger partial charge < -0.3 is 15.3 Å². The zero-order valence-corrected chi connectivity index (χ0v) is 21.2. The fourth-order valence-corrected chi connectivity index (χ4v) is 4.59. The maximum absolute atomic E-state index is 13.3. The van der Waals surface area contributed by atoms with Gasteiger partial charge in [0, 0.05) is 41.0 Å². The Morgan fingerprint density at radius 1 is 0.949 bits per heavy atom. The van der Waals surface area contributed by atoms with Gasteiger partial charge in [0.1, 0.15) is 11.7 Å². The number of carbonyl (C=O) groups is 2. The number of hydrogen-bond donors (Lipinski definition) is 4. The number of halogens is 1. The van der Waals surface area contributed by atoms with Crippen molar-refractivity contribution in [2.45, 2.75) is 12.5 Å². The van der Waals surface area contributed by atoms with Crippen LogP contribution in [0, 0.1) is 0 Å². The molecule has 0 bridgehead atoms. The molecule has 6 aromatic rings. The Morgan fingerprint density at radius 3 is 2.64 bits per heavy atom. The predicted molar refractivity (Wildman–Crippen MR) is 150 cm³/mol. The molecule has 3 aromatic heterocycles. The minimum absolute atomic E-state index is 0.239. The highest BCUT2D eigenvalue weighted by Gasteiger charge is 2.23. The van der Waals surface area contributed by atoms with E-state index in [1.54, 1.807) is 42.6 Å². The number of carbonyl (C=O) groups excluding carboxylic acids is 2. The highest BCUT2D eigenvalue weighted by molar-refractivity contribution is 6.30. The van der Waals surface area contributed by atoms with E-state index >= 15 is 0 Å². The van der Waals surface area contributed by atoms with E-state index < -0.39 is 17.9 Å². The molecule has 10 heteroatoms. The molecule has 0 fully saturated rings. The number of nitrogens with zero attached hydrogens (tertiary/aromatic N) is 3. The van der Waals surface area contributed by atoms with E-state index in [1.807, 2.05) is 42.6 Å². The van der Waals surface area contributed by atoms with Gasteiger partial charge in [0.2, 0.25) is 11.9 Å². The molecule has 39 heavy (non-hydrogen) atoms. The summed E-state index contributed by atoms with van der Waals surface area (Å²) in [6, 6.07) is 21.4. The Kier molecular flexibility index (Phi) is 6.48. The number of amides is 2. The molecule has 1 atom stereocenters. The van der Waals surface area contributed by atoms with Gasteiger partial charge in [0.15, 0.2) is 5.82 Å². The van der Waals surface area contributed by atoms with Crippen LogP contribution in [0.15, 0.2) is 91.4 Å². The Morgan fingerprint density at radius 2 is 1.82 bits per heavy atom. The van der Waals surface area contributed by atoms with Crippen molar-refractivity contribution in [2.24, 2.45) is 0 Å². The molecule has 3 heterocycles. The number of aromatic amines is 2. The van der Waals surface area contributed by atoms with Crippen LogP contribution in [0.25, 0.3) is 33.3 Å². The average molecular weight is 536 g/mol. The number of fused-ring (bicyclic) bond motifs is 2. The SMILES string of the molecule is O=C(NC(Cc1cccc(Cl)c1)C(=O)Nc1ncc[nH]1)c1ccc2nc(-c3cc4ccccc4cn3)[nH]c2c1. The number of rotatable bonds is 7. The Balaban J connectivity index is 1.25. The van der Waals surface area contributed by atoms with E-state index in [4.69, 9.17) is 11.6 Å². The van der Waals surface area contributed by atoms with Gasteiger partial charge in [-0.3, -0.25) is 19.9 Å². The molecule has 3 aromatic carbocycles. The second-order valence-corrected chi connectivity index (χ2v) is 9.46. The lowest BCUT2D eigenvalue weighted by atomic mass is 10.0. The number of nitrogens with one attached hydrogen (secondary N) is 4. The van der Waals surface area contributed by atoms with Crippen molar-refractivity contribution >= 4 is 51.2 Å². The lowest BCUT2D eigenvalue weighted by Crippen LogP contribution is -2.45. The molecule has 0 aliphatic rings. The molecule has 192 valence electrons.